The van der Waals surface area contributed by atoms with Crippen LogP contribution in [0.3, 0.4) is 0 Å². The fraction of sp³-hybridized carbons (Fsp3) is 0.462. The van der Waals surface area contributed by atoms with Crippen molar-refractivity contribution in [1.29, 1.82) is 0 Å². The van der Waals surface area contributed by atoms with E-state index in [-0.39, 0.29) is 11.9 Å². The number of rotatable bonds is 6. The number of benzene rings is 1. The standard InChI is InChI=1S/C13H17ClO3/c1-9(8-16-3)17-10(2)13(15)11-5-4-6-12(14)7-11/h4-7,9-10H,8H2,1-3H3. The van der Waals surface area contributed by atoms with Gasteiger partial charge in [0.25, 0.3) is 0 Å². The zero-order valence-electron chi connectivity index (χ0n) is 10.3. The molecular weight excluding hydrogens is 240 g/mol. The van der Waals surface area contributed by atoms with Crippen LogP contribution < -0.4 is 0 Å². The number of ketones is 1. The Morgan fingerprint density at radius 2 is 2.12 bits per heavy atom. The van der Waals surface area contributed by atoms with E-state index in [1.807, 2.05) is 6.92 Å². The molecule has 0 saturated carbocycles. The maximum absolute atomic E-state index is 12.0. The molecule has 1 aromatic carbocycles. The van der Waals surface area contributed by atoms with Gasteiger partial charge in [0.05, 0.1) is 12.7 Å². The smallest absolute Gasteiger partial charge is 0.191 e. The third-order valence-corrected chi connectivity index (χ3v) is 2.55. The van der Waals surface area contributed by atoms with Gasteiger partial charge in [-0.25, -0.2) is 0 Å². The van der Waals surface area contributed by atoms with Crippen molar-refractivity contribution >= 4 is 17.4 Å². The van der Waals surface area contributed by atoms with Crippen LogP contribution in [0.2, 0.25) is 5.02 Å². The molecule has 0 N–H and O–H groups in total. The number of Topliss-reactive ketones (excluding diaryl/α,β-unsaturated/α-hetero) is 1. The van der Waals surface area contributed by atoms with Gasteiger partial charge in [0.1, 0.15) is 6.10 Å². The Balaban J connectivity index is 2.63. The molecule has 1 rings (SSSR count). The summed E-state index contributed by atoms with van der Waals surface area (Å²) in [6.07, 6.45) is -0.614. The summed E-state index contributed by atoms with van der Waals surface area (Å²) in [5, 5.41) is 0.549. The number of methoxy groups -OCH3 is 1. The van der Waals surface area contributed by atoms with E-state index in [1.54, 1.807) is 38.3 Å². The summed E-state index contributed by atoms with van der Waals surface area (Å²) < 4.78 is 10.5. The summed E-state index contributed by atoms with van der Waals surface area (Å²) in [7, 11) is 1.60. The van der Waals surface area contributed by atoms with Crippen molar-refractivity contribution in [2.75, 3.05) is 13.7 Å². The van der Waals surface area contributed by atoms with E-state index in [2.05, 4.69) is 0 Å². The summed E-state index contributed by atoms with van der Waals surface area (Å²) in [5.41, 5.74) is 0.564. The van der Waals surface area contributed by atoms with Crippen LogP contribution in [0.25, 0.3) is 0 Å². The third kappa shape index (κ3) is 4.46. The Morgan fingerprint density at radius 3 is 2.71 bits per heavy atom. The van der Waals surface area contributed by atoms with Crippen LogP contribution in [-0.4, -0.2) is 31.7 Å². The van der Waals surface area contributed by atoms with Gasteiger partial charge in [-0.2, -0.15) is 0 Å². The fourth-order valence-electron chi connectivity index (χ4n) is 1.56. The second-order valence-electron chi connectivity index (χ2n) is 3.92. The minimum absolute atomic E-state index is 0.0737. The number of carbonyl (C=O) groups excluding carboxylic acids is 1. The molecule has 0 aliphatic carbocycles. The Morgan fingerprint density at radius 1 is 1.41 bits per heavy atom. The molecule has 4 heteroatoms. The lowest BCUT2D eigenvalue weighted by atomic mass is 10.1. The summed E-state index contributed by atoms with van der Waals surface area (Å²) in [6.45, 7) is 4.06. The molecule has 0 saturated heterocycles. The highest BCUT2D eigenvalue weighted by atomic mass is 35.5. The van der Waals surface area contributed by atoms with E-state index in [9.17, 15) is 4.79 Å². The van der Waals surface area contributed by atoms with E-state index in [4.69, 9.17) is 21.1 Å². The molecule has 0 fully saturated rings. The number of hydrogen-bond acceptors (Lipinski definition) is 3. The largest absolute Gasteiger partial charge is 0.382 e. The first-order valence-corrected chi connectivity index (χ1v) is 5.86. The molecule has 0 amide bonds. The van der Waals surface area contributed by atoms with E-state index < -0.39 is 6.10 Å². The van der Waals surface area contributed by atoms with Crippen molar-refractivity contribution in [2.24, 2.45) is 0 Å². The van der Waals surface area contributed by atoms with Crippen LogP contribution in [0, 0.1) is 0 Å². The molecule has 2 atom stereocenters. The van der Waals surface area contributed by atoms with Crippen molar-refractivity contribution in [3.63, 3.8) is 0 Å². The first kappa shape index (κ1) is 14.2. The second-order valence-corrected chi connectivity index (χ2v) is 4.36. The molecule has 0 bridgehead atoms. The average Bonchev–Trinajstić information content (AvgIpc) is 2.28. The number of carbonyl (C=O) groups is 1. The van der Waals surface area contributed by atoms with Crippen LogP contribution in [0.5, 0.6) is 0 Å². The Kier molecular flexibility index (Phi) is 5.62. The highest BCUT2D eigenvalue weighted by Crippen LogP contribution is 2.14. The summed E-state index contributed by atoms with van der Waals surface area (Å²) in [5.74, 6) is -0.0737. The normalized spacial score (nSPS) is 14.4. The lowest BCUT2D eigenvalue weighted by Crippen LogP contribution is -2.27. The van der Waals surface area contributed by atoms with Crippen molar-refractivity contribution in [3.8, 4) is 0 Å². The van der Waals surface area contributed by atoms with E-state index >= 15 is 0 Å². The first-order valence-electron chi connectivity index (χ1n) is 5.48. The van der Waals surface area contributed by atoms with Gasteiger partial charge < -0.3 is 9.47 Å². The zero-order valence-corrected chi connectivity index (χ0v) is 11.0. The van der Waals surface area contributed by atoms with E-state index in [0.29, 0.717) is 17.2 Å². The average molecular weight is 257 g/mol. The van der Waals surface area contributed by atoms with Crippen LogP contribution >= 0.6 is 11.6 Å². The van der Waals surface area contributed by atoms with Gasteiger partial charge in [0.2, 0.25) is 0 Å². The molecule has 3 nitrogen and oxygen atoms in total. The van der Waals surface area contributed by atoms with Gasteiger partial charge in [-0.3, -0.25) is 4.79 Å². The highest BCUT2D eigenvalue weighted by molar-refractivity contribution is 6.31. The van der Waals surface area contributed by atoms with Crippen LogP contribution in [0.15, 0.2) is 24.3 Å². The SMILES string of the molecule is COCC(C)OC(C)C(=O)c1cccc(Cl)c1. The van der Waals surface area contributed by atoms with Crippen molar-refractivity contribution < 1.29 is 14.3 Å². The number of halogens is 1. The number of ether oxygens (including phenoxy) is 2. The molecule has 2 unspecified atom stereocenters. The minimum atomic E-state index is -0.501. The fourth-order valence-corrected chi connectivity index (χ4v) is 1.75. The third-order valence-electron chi connectivity index (χ3n) is 2.32. The van der Waals surface area contributed by atoms with Gasteiger partial charge in [-0.05, 0) is 26.0 Å². The monoisotopic (exact) mass is 256 g/mol. The molecule has 94 valence electrons. The van der Waals surface area contributed by atoms with Gasteiger partial charge >= 0.3 is 0 Å². The molecule has 0 spiro atoms. The van der Waals surface area contributed by atoms with Crippen LogP contribution in [-0.2, 0) is 9.47 Å². The minimum Gasteiger partial charge on any atom is -0.382 e. The van der Waals surface area contributed by atoms with Gasteiger partial charge in [-0.1, -0.05) is 23.7 Å². The molecule has 1 aromatic rings. The predicted molar refractivity (Wildman–Crippen MR) is 67.7 cm³/mol. The molecular formula is C13H17ClO3. The van der Waals surface area contributed by atoms with Crippen molar-refractivity contribution in [3.05, 3.63) is 34.9 Å². The van der Waals surface area contributed by atoms with Crippen LogP contribution in [0.4, 0.5) is 0 Å². The molecule has 0 radical (unpaired) electrons. The number of hydrogen-bond donors (Lipinski definition) is 0. The Labute approximate surface area is 107 Å². The zero-order chi connectivity index (χ0) is 12.8. The summed E-state index contributed by atoms with van der Waals surface area (Å²) in [4.78, 5) is 12.0. The Hall–Kier alpha value is -0.900. The quantitative estimate of drug-likeness (QED) is 0.734. The highest BCUT2D eigenvalue weighted by Gasteiger charge is 2.18. The summed E-state index contributed by atoms with van der Waals surface area (Å²) in [6, 6.07) is 6.86. The lowest BCUT2D eigenvalue weighted by Gasteiger charge is -2.17. The topological polar surface area (TPSA) is 35.5 Å². The van der Waals surface area contributed by atoms with Gasteiger partial charge in [-0.15, -0.1) is 0 Å². The predicted octanol–water partition coefficient (Wildman–Crippen LogP) is 2.96. The molecule has 17 heavy (non-hydrogen) atoms. The van der Waals surface area contributed by atoms with Crippen LogP contribution in [0.1, 0.15) is 24.2 Å². The first-order chi connectivity index (χ1) is 8.04. The van der Waals surface area contributed by atoms with Gasteiger partial charge in [0, 0.05) is 17.7 Å². The van der Waals surface area contributed by atoms with Crippen molar-refractivity contribution in [1.82, 2.24) is 0 Å². The molecule has 0 aromatic heterocycles. The molecule has 0 aliphatic heterocycles. The molecule has 0 aliphatic rings. The van der Waals surface area contributed by atoms with E-state index in [0.717, 1.165) is 0 Å². The second kappa shape index (κ2) is 6.74. The lowest BCUT2D eigenvalue weighted by molar-refractivity contribution is -0.0214. The molecule has 0 heterocycles. The van der Waals surface area contributed by atoms with Crippen molar-refractivity contribution in [2.45, 2.75) is 26.1 Å². The maximum atomic E-state index is 12.0. The van der Waals surface area contributed by atoms with Gasteiger partial charge in [0.15, 0.2) is 5.78 Å². The van der Waals surface area contributed by atoms with E-state index in [1.165, 1.54) is 0 Å². The Bertz CT molecular complexity index is 379. The maximum Gasteiger partial charge on any atom is 0.191 e. The summed E-state index contributed by atoms with van der Waals surface area (Å²) >= 11 is 5.84.